The second-order valence-corrected chi connectivity index (χ2v) is 6.56. The zero-order valence-corrected chi connectivity index (χ0v) is 15.0. The molecule has 2 aromatic carbocycles. The summed E-state index contributed by atoms with van der Waals surface area (Å²) >= 11 is 11.9. The smallest absolute Gasteiger partial charge is 0.229 e. The normalized spacial score (nSPS) is 16.8. The Hall–Kier alpha value is -2.24. The zero-order chi connectivity index (χ0) is 18.0. The van der Waals surface area contributed by atoms with E-state index in [0.717, 1.165) is 5.69 Å². The third-order valence-corrected chi connectivity index (χ3v) is 4.62. The summed E-state index contributed by atoms with van der Waals surface area (Å²) in [6.07, 6.45) is 0.156. The van der Waals surface area contributed by atoms with E-state index in [2.05, 4.69) is 5.32 Å². The van der Waals surface area contributed by atoms with E-state index in [1.165, 1.54) is 0 Å². The maximum Gasteiger partial charge on any atom is 0.229 e. The molecule has 1 unspecified atom stereocenters. The minimum absolute atomic E-state index is 0.0903. The van der Waals surface area contributed by atoms with Crippen molar-refractivity contribution in [1.82, 2.24) is 0 Å². The van der Waals surface area contributed by atoms with E-state index < -0.39 is 5.92 Å². The Morgan fingerprint density at radius 3 is 2.56 bits per heavy atom. The molecule has 1 heterocycles. The first-order valence-electron chi connectivity index (χ1n) is 7.68. The number of amides is 2. The average Bonchev–Trinajstić information content (AvgIpc) is 2.99. The lowest BCUT2D eigenvalue weighted by atomic mass is 10.1. The van der Waals surface area contributed by atoms with E-state index in [1.54, 1.807) is 54.5 Å². The molecule has 0 saturated carbocycles. The van der Waals surface area contributed by atoms with Gasteiger partial charge in [-0.15, -0.1) is 0 Å². The van der Waals surface area contributed by atoms with Crippen molar-refractivity contribution in [3.05, 3.63) is 52.5 Å². The summed E-state index contributed by atoms with van der Waals surface area (Å²) in [5.41, 5.74) is 1.22. The Balaban J connectivity index is 1.69. The molecular formula is C18H16Cl2N2O3. The average molecular weight is 379 g/mol. The molecule has 0 aliphatic carbocycles. The minimum atomic E-state index is -0.443. The minimum Gasteiger partial charge on any atom is -0.497 e. The van der Waals surface area contributed by atoms with Crippen LogP contribution in [0.5, 0.6) is 5.75 Å². The Morgan fingerprint density at radius 1 is 1.20 bits per heavy atom. The number of rotatable bonds is 4. The number of benzene rings is 2. The number of carbonyl (C=O) groups excluding carboxylic acids is 2. The number of carbonyl (C=O) groups is 2. The molecule has 1 N–H and O–H groups in total. The molecule has 0 aromatic heterocycles. The fourth-order valence-corrected chi connectivity index (χ4v) is 3.18. The van der Waals surface area contributed by atoms with E-state index in [9.17, 15) is 9.59 Å². The van der Waals surface area contributed by atoms with Crippen LogP contribution in [0.3, 0.4) is 0 Å². The highest BCUT2D eigenvalue weighted by molar-refractivity contribution is 6.36. The van der Waals surface area contributed by atoms with Gasteiger partial charge in [0, 0.05) is 23.7 Å². The van der Waals surface area contributed by atoms with Gasteiger partial charge in [0.15, 0.2) is 0 Å². The van der Waals surface area contributed by atoms with Gasteiger partial charge in [-0.3, -0.25) is 9.59 Å². The van der Waals surface area contributed by atoms with Crippen molar-refractivity contribution in [3.8, 4) is 5.75 Å². The topological polar surface area (TPSA) is 58.6 Å². The van der Waals surface area contributed by atoms with E-state index in [4.69, 9.17) is 27.9 Å². The van der Waals surface area contributed by atoms with Gasteiger partial charge in [-0.05, 0) is 42.5 Å². The highest BCUT2D eigenvalue weighted by Crippen LogP contribution is 2.29. The predicted octanol–water partition coefficient (Wildman–Crippen LogP) is 3.99. The van der Waals surface area contributed by atoms with Crippen molar-refractivity contribution in [2.24, 2.45) is 5.92 Å². The van der Waals surface area contributed by atoms with Crippen LogP contribution in [0.1, 0.15) is 6.42 Å². The molecule has 3 rings (SSSR count). The third-order valence-electron chi connectivity index (χ3n) is 4.07. The Morgan fingerprint density at radius 2 is 1.92 bits per heavy atom. The van der Waals surface area contributed by atoms with Gasteiger partial charge in [0.1, 0.15) is 5.75 Å². The molecule has 7 heteroatoms. The molecule has 1 aliphatic heterocycles. The zero-order valence-electron chi connectivity index (χ0n) is 13.5. The lowest BCUT2D eigenvalue weighted by Gasteiger charge is -2.17. The van der Waals surface area contributed by atoms with Crippen LogP contribution in [0.15, 0.2) is 42.5 Å². The van der Waals surface area contributed by atoms with Gasteiger partial charge in [0.25, 0.3) is 0 Å². The fraction of sp³-hybridized carbons (Fsp3) is 0.222. The molecule has 1 aliphatic rings. The van der Waals surface area contributed by atoms with E-state index in [1.807, 2.05) is 0 Å². The van der Waals surface area contributed by atoms with Gasteiger partial charge >= 0.3 is 0 Å². The molecule has 0 spiro atoms. The van der Waals surface area contributed by atoms with Crippen molar-refractivity contribution in [3.63, 3.8) is 0 Å². The summed E-state index contributed by atoms with van der Waals surface area (Å²) in [6, 6.07) is 12.0. The van der Waals surface area contributed by atoms with Crippen molar-refractivity contribution in [2.75, 3.05) is 23.9 Å². The van der Waals surface area contributed by atoms with Crippen molar-refractivity contribution < 1.29 is 14.3 Å². The molecule has 2 amide bonds. The maximum absolute atomic E-state index is 12.5. The summed E-state index contributed by atoms with van der Waals surface area (Å²) in [7, 11) is 1.58. The van der Waals surface area contributed by atoms with Crippen LogP contribution in [0.4, 0.5) is 11.4 Å². The van der Waals surface area contributed by atoms with Crippen LogP contribution in [0.2, 0.25) is 10.0 Å². The lowest BCUT2D eigenvalue weighted by Crippen LogP contribution is -2.28. The number of hydrogen-bond donors (Lipinski definition) is 1. The second kappa shape index (κ2) is 7.33. The molecule has 130 valence electrons. The summed E-state index contributed by atoms with van der Waals surface area (Å²) in [4.78, 5) is 26.4. The van der Waals surface area contributed by atoms with E-state index in [-0.39, 0.29) is 18.2 Å². The number of methoxy groups -OCH3 is 1. The van der Waals surface area contributed by atoms with E-state index >= 15 is 0 Å². The first-order valence-corrected chi connectivity index (χ1v) is 8.44. The fourth-order valence-electron chi connectivity index (χ4n) is 2.72. The maximum atomic E-state index is 12.5. The van der Waals surface area contributed by atoms with Gasteiger partial charge in [0.05, 0.1) is 23.7 Å². The molecule has 1 fully saturated rings. The number of halogens is 2. The van der Waals surface area contributed by atoms with E-state index in [0.29, 0.717) is 28.0 Å². The Labute approximate surface area is 155 Å². The van der Waals surface area contributed by atoms with Crippen molar-refractivity contribution in [2.45, 2.75) is 6.42 Å². The van der Waals surface area contributed by atoms with Crippen LogP contribution in [-0.4, -0.2) is 25.5 Å². The van der Waals surface area contributed by atoms with Crippen molar-refractivity contribution in [1.29, 1.82) is 0 Å². The molecule has 0 radical (unpaired) electrons. The van der Waals surface area contributed by atoms with Crippen LogP contribution in [-0.2, 0) is 9.59 Å². The lowest BCUT2D eigenvalue weighted by molar-refractivity contribution is -0.122. The van der Waals surface area contributed by atoms with Crippen molar-refractivity contribution >= 4 is 46.4 Å². The number of ether oxygens (including phenoxy) is 1. The highest BCUT2D eigenvalue weighted by atomic mass is 35.5. The molecule has 2 aromatic rings. The number of nitrogens with zero attached hydrogens (tertiary/aromatic N) is 1. The first-order chi connectivity index (χ1) is 12.0. The van der Waals surface area contributed by atoms with Gasteiger partial charge < -0.3 is 15.0 Å². The Kier molecular flexibility index (Phi) is 5.16. The van der Waals surface area contributed by atoms with Gasteiger partial charge in [0.2, 0.25) is 11.8 Å². The van der Waals surface area contributed by atoms with Crippen LogP contribution in [0, 0.1) is 5.92 Å². The molecule has 0 bridgehead atoms. The summed E-state index contributed by atoms with van der Waals surface area (Å²) in [5.74, 6) is -0.0653. The standard InChI is InChI=1S/C18H16Cl2N2O3/c1-25-14-5-3-13(4-6-14)22-10-11(8-17(22)23)18(24)21-16-7-2-12(19)9-15(16)20/h2-7,9,11H,8,10H2,1H3,(H,21,24). The monoisotopic (exact) mass is 378 g/mol. The first kappa shape index (κ1) is 17.6. The summed E-state index contributed by atoms with van der Waals surface area (Å²) in [6.45, 7) is 0.322. The van der Waals surface area contributed by atoms with Crippen LogP contribution < -0.4 is 15.0 Å². The Bertz CT molecular complexity index is 808. The second-order valence-electron chi connectivity index (χ2n) is 5.72. The summed E-state index contributed by atoms with van der Waals surface area (Å²) < 4.78 is 5.11. The number of hydrogen-bond acceptors (Lipinski definition) is 3. The highest BCUT2D eigenvalue weighted by Gasteiger charge is 2.35. The van der Waals surface area contributed by atoms with Gasteiger partial charge in [-0.1, -0.05) is 23.2 Å². The molecule has 1 saturated heterocycles. The molecule has 5 nitrogen and oxygen atoms in total. The third kappa shape index (κ3) is 3.89. The van der Waals surface area contributed by atoms with Crippen LogP contribution in [0.25, 0.3) is 0 Å². The largest absolute Gasteiger partial charge is 0.497 e. The van der Waals surface area contributed by atoms with Gasteiger partial charge in [-0.2, -0.15) is 0 Å². The SMILES string of the molecule is COc1ccc(N2CC(C(=O)Nc3ccc(Cl)cc3Cl)CC2=O)cc1. The predicted molar refractivity (Wildman–Crippen MR) is 98.5 cm³/mol. The van der Waals surface area contributed by atoms with Gasteiger partial charge in [-0.25, -0.2) is 0 Å². The summed E-state index contributed by atoms with van der Waals surface area (Å²) in [5, 5.41) is 3.61. The number of nitrogens with one attached hydrogen (secondary N) is 1. The molecule has 25 heavy (non-hydrogen) atoms. The molecular weight excluding hydrogens is 363 g/mol. The number of anilines is 2. The molecule has 1 atom stereocenters. The quantitative estimate of drug-likeness (QED) is 0.874. The van der Waals surface area contributed by atoms with Crippen LogP contribution >= 0.6 is 23.2 Å².